The SMILES string of the molecule is CCc1ccc(CNC(=O)Cn2cnc3c([nH]c4ccc(C)cc43)c2=O)cc1. The molecule has 6 heteroatoms. The quantitative estimate of drug-likeness (QED) is 0.563. The average molecular weight is 374 g/mol. The number of carbonyl (C=O) groups excluding carboxylic acids is 1. The molecule has 0 aliphatic heterocycles. The summed E-state index contributed by atoms with van der Waals surface area (Å²) in [7, 11) is 0. The lowest BCUT2D eigenvalue weighted by atomic mass is 10.1. The number of nitrogens with zero attached hydrogens (tertiary/aromatic N) is 2. The van der Waals surface area contributed by atoms with Crippen LogP contribution in [0.5, 0.6) is 0 Å². The molecular formula is C22H22N4O2. The first-order valence-electron chi connectivity index (χ1n) is 9.37. The summed E-state index contributed by atoms with van der Waals surface area (Å²) < 4.78 is 1.33. The monoisotopic (exact) mass is 374 g/mol. The molecule has 4 rings (SSSR count). The Labute approximate surface area is 162 Å². The van der Waals surface area contributed by atoms with Crippen LogP contribution in [0.4, 0.5) is 0 Å². The number of carbonyl (C=O) groups is 1. The second kappa shape index (κ2) is 7.31. The fourth-order valence-corrected chi connectivity index (χ4v) is 3.32. The number of aromatic nitrogens is 3. The van der Waals surface area contributed by atoms with Crippen LogP contribution in [0.15, 0.2) is 53.6 Å². The highest BCUT2D eigenvalue weighted by molar-refractivity contribution is 6.04. The second-order valence-electron chi connectivity index (χ2n) is 7.02. The van der Waals surface area contributed by atoms with Crippen molar-refractivity contribution in [2.75, 3.05) is 0 Å². The van der Waals surface area contributed by atoms with Crippen molar-refractivity contribution in [2.24, 2.45) is 0 Å². The normalized spacial score (nSPS) is 11.2. The van der Waals surface area contributed by atoms with E-state index in [9.17, 15) is 9.59 Å². The van der Waals surface area contributed by atoms with Crippen LogP contribution in [0.1, 0.15) is 23.6 Å². The Hall–Kier alpha value is -3.41. The number of hydrogen-bond donors (Lipinski definition) is 2. The van der Waals surface area contributed by atoms with Gasteiger partial charge >= 0.3 is 0 Å². The molecule has 6 nitrogen and oxygen atoms in total. The number of benzene rings is 2. The van der Waals surface area contributed by atoms with E-state index in [-0.39, 0.29) is 18.0 Å². The molecule has 0 aliphatic rings. The Kier molecular flexibility index (Phi) is 4.69. The van der Waals surface area contributed by atoms with Gasteiger partial charge in [-0.15, -0.1) is 0 Å². The number of aryl methyl sites for hydroxylation is 2. The van der Waals surface area contributed by atoms with Gasteiger partial charge in [-0.3, -0.25) is 14.2 Å². The highest BCUT2D eigenvalue weighted by Gasteiger charge is 2.12. The van der Waals surface area contributed by atoms with E-state index in [4.69, 9.17) is 0 Å². The van der Waals surface area contributed by atoms with Gasteiger partial charge in [-0.2, -0.15) is 0 Å². The zero-order valence-corrected chi connectivity index (χ0v) is 16.0. The van der Waals surface area contributed by atoms with Crippen molar-refractivity contribution in [2.45, 2.75) is 33.4 Å². The molecule has 142 valence electrons. The van der Waals surface area contributed by atoms with Crippen LogP contribution < -0.4 is 10.9 Å². The Morgan fingerprint density at radius 1 is 1.14 bits per heavy atom. The van der Waals surface area contributed by atoms with Crippen molar-refractivity contribution in [3.8, 4) is 0 Å². The summed E-state index contributed by atoms with van der Waals surface area (Å²) in [6, 6.07) is 14.0. The number of amides is 1. The van der Waals surface area contributed by atoms with Crippen molar-refractivity contribution in [3.05, 3.63) is 75.8 Å². The lowest BCUT2D eigenvalue weighted by Gasteiger charge is -2.08. The first-order valence-corrected chi connectivity index (χ1v) is 9.37. The van der Waals surface area contributed by atoms with E-state index < -0.39 is 0 Å². The maximum absolute atomic E-state index is 12.8. The molecular weight excluding hydrogens is 352 g/mol. The van der Waals surface area contributed by atoms with E-state index >= 15 is 0 Å². The maximum Gasteiger partial charge on any atom is 0.278 e. The lowest BCUT2D eigenvalue weighted by molar-refractivity contribution is -0.121. The van der Waals surface area contributed by atoms with E-state index in [1.54, 1.807) is 0 Å². The highest BCUT2D eigenvalue weighted by Crippen LogP contribution is 2.22. The standard InChI is InChI=1S/C22H22N4O2/c1-3-15-5-7-16(8-6-15)11-23-19(27)12-26-13-24-20-17-10-14(2)4-9-18(17)25-21(20)22(26)28/h4-10,13,25H,3,11-12H2,1-2H3,(H,23,27). The van der Waals surface area contributed by atoms with Crippen molar-refractivity contribution in [1.82, 2.24) is 19.9 Å². The Morgan fingerprint density at radius 3 is 2.64 bits per heavy atom. The van der Waals surface area contributed by atoms with E-state index in [2.05, 4.69) is 34.3 Å². The van der Waals surface area contributed by atoms with Crippen molar-refractivity contribution in [1.29, 1.82) is 0 Å². The molecule has 2 aromatic carbocycles. The van der Waals surface area contributed by atoms with Crippen LogP contribution in [0.2, 0.25) is 0 Å². The van der Waals surface area contributed by atoms with Gasteiger partial charge in [0.25, 0.3) is 5.56 Å². The molecule has 0 saturated heterocycles. The van der Waals surface area contributed by atoms with Crippen molar-refractivity contribution in [3.63, 3.8) is 0 Å². The minimum absolute atomic E-state index is 0.0663. The molecule has 0 radical (unpaired) electrons. The minimum Gasteiger partial charge on any atom is -0.350 e. The summed E-state index contributed by atoms with van der Waals surface area (Å²) in [6.45, 7) is 4.47. The maximum atomic E-state index is 12.8. The van der Waals surface area contributed by atoms with Crippen molar-refractivity contribution >= 4 is 27.8 Å². The van der Waals surface area contributed by atoms with Gasteiger partial charge in [0.2, 0.25) is 5.91 Å². The van der Waals surface area contributed by atoms with Crippen LogP contribution >= 0.6 is 0 Å². The van der Waals surface area contributed by atoms with E-state index in [1.165, 1.54) is 16.5 Å². The van der Waals surface area contributed by atoms with Crippen LogP contribution in [0.25, 0.3) is 21.9 Å². The molecule has 0 fully saturated rings. The smallest absolute Gasteiger partial charge is 0.278 e. The molecule has 0 spiro atoms. The Balaban J connectivity index is 1.52. The molecule has 0 saturated carbocycles. The summed E-state index contributed by atoms with van der Waals surface area (Å²) in [5, 5.41) is 3.77. The second-order valence-corrected chi connectivity index (χ2v) is 7.02. The number of rotatable bonds is 5. The third-order valence-corrected chi connectivity index (χ3v) is 4.96. The van der Waals surface area contributed by atoms with Crippen LogP contribution in [-0.2, 0) is 24.3 Å². The molecule has 4 aromatic rings. The lowest BCUT2D eigenvalue weighted by Crippen LogP contribution is -2.32. The third-order valence-electron chi connectivity index (χ3n) is 4.96. The number of fused-ring (bicyclic) bond motifs is 3. The number of aromatic amines is 1. The molecule has 0 unspecified atom stereocenters. The number of H-pyrrole nitrogens is 1. The predicted octanol–water partition coefficient (Wildman–Crippen LogP) is 3.07. The Morgan fingerprint density at radius 2 is 1.89 bits per heavy atom. The molecule has 0 atom stereocenters. The van der Waals surface area contributed by atoms with Gasteiger partial charge in [0, 0.05) is 17.4 Å². The summed E-state index contributed by atoms with van der Waals surface area (Å²) in [6.07, 6.45) is 2.42. The van der Waals surface area contributed by atoms with Crippen LogP contribution in [-0.4, -0.2) is 20.4 Å². The average Bonchev–Trinajstić information content (AvgIpc) is 3.07. The van der Waals surface area contributed by atoms with Gasteiger partial charge < -0.3 is 10.3 Å². The van der Waals surface area contributed by atoms with Gasteiger partial charge in [0.15, 0.2) is 0 Å². The van der Waals surface area contributed by atoms with Crippen molar-refractivity contribution < 1.29 is 4.79 Å². The van der Waals surface area contributed by atoms with Gasteiger partial charge in [0.05, 0.1) is 6.33 Å². The molecule has 1 amide bonds. The predicted molar refractivity (Wildman–Crippen MR) is 110 cm³/mol. The molecule has 2 N–H and O–H groups in total. The minimum atomic E-state index is -0.249. The zero-order valence-electron chi connectivity index (χ0n) is 16.0. The first-order chi connectivity index (χ1) is 13.5. The molecule has 0 bridgehead atoms. The Bertz CT molecular complexity index is 1220. The summed E-state index contributed by atoms with van der Waals surface area (Å²) >= 11 is 0. The van der Waals surface area contributed by atoms with Gasteiger partial charge in [-0.1, -0.05) is 42.8 Å². The third kappa shape index (κ3) is 3.41. The summed E-state index contributed by atoms with van der Waals surface area (Å²) in [5.74, 6) is -0.227. The van der Waals surface area contributed by atoms with E-state index in [0.717, 1.165) is 28.5 Å². The van der Waals surface area contributed by atoms with Gasteiger partial charge in [-0.25, -0.2) is 4.98 Å². The fraction of sp³-hybridized carbons (Fsp3) is 0.227. The van der Waals surface area contributed by atoms with Crippen LogP contribution in [0, 0.1) is 6.92 Å². The zero-order chi connectivity index (χ0) is 19.7. The number of hydrogen-bond acceptors (Lipinski definition) is 3. The van der Waals surface area contributed by atoms with E-state index in [0.29, 0.717) is 17.6 Å². The molecule has 0 aliphatic carbocycles. The first kappa shape index (κ1) is 18.0. The summed E-state index contributed by atoms with van der Waals surface area (Å²) in [4.78, 5) is 32.6. The molecule has 28 heavy (non-hydrogen) atoms. The van der Waals surface area contributed by atoms with E-state index in [1.807, 2.05) is 37.3 Å². The fourth-order valence-electron chi connectivity index (χ4n) is 3.32. The van der Waals surface area contributed by atoms with Gasteiger partial charge in [0.1, 0.15) is 17.6 Å². The largest absolute Gasteiger partial charge is 0.350 e. The highest BCUT2D eigenvalue weighted by atomic mass is 16.2. The number of nitrogens with one attached hydrogen (secondary N) is 2. The van der Waals surface area contributed by atoms with Gasteiger partial charge in [-0.05, 0) is 36.6 Å². The molecule has 2 heterocycles. The van der Waals surface area contributed by atoms with Crippen LogP contribution in [0.3, 0.4) is 0 Å². The summed E-state index contributed by atoms with van der Waals surface area (Å²) in [5.41, 5.74) is 5.06. The topological polar surface area (TPSA) is 79.8 Å². The molecule has 2 aromatic heterocycles.